The van der Waals surface area contributed by atoms with Gasteiger partial charge in [0.25, 0.3) is 0 Å². The van der Waals surface area contributed by atoms with Crippen molar-refractivity contribution in [2.24, 2.45) is 17.6 Å². The smallest absolute Gasteiger partial charge is 0.0306 e. The molecule has 1 unspecified atom stereocenters. The SMILES string of the molecule is CC(C)CN(CCN(C)C)C(C)(CN)CC(C)C. The second-order valence-electron chi connectivity index (χ2n) is 6.94. The van der Waals surface area contributed by atoms with Gasteiger partial charge in [-0.15, -0.1) is 0 Å². The third-order valence-electron chi connectivity index (χ3n) is 3.45. The predicted molar refractivity (Wildman–Crippen MR) is 81.9 cm³/mol. The van der Waals surface area contributed by atoms with Crippen molar-refractivity contribution in [3.8, 4) is 0 Å². The van der Waals surface area contributed by atoms with Crippen molar-refractivity contribution in [1.29, 1.82) is 0 Å². The standard InChI is InChI=1S/C15H35N3/c1-13(2)10-15(5,12-16)18(11-14(3)4)9-8-17(6)7/h13-14H,8-12,16H2,1-7H3. The van der Waals surface area contributed by atoms with E-state index in [9.17, 15) is 0 Å². The number of likely N-dealkylation sites (N-methyl/N-ethyl adjacent to an activating group) is 1. The summed E-state index contributed by atoms with van der Waals surface area (Å²) in [5.74, 6) is 1.37. The topological polar surface area (TPSA) is 32.5 Å². The monoisotopic (exact) mass is 257 g/mol. The van der Waals surface area contributed by atoms with E-state index in [-0.39, 0.29) is 5.54 Å². The highest BCUT2D eigenvalue weighted by atomic mass is 15.2. The number of rotatable bonds is 9. The van der Waals surface area contributed by atoms with Gasteiger partial charge in [-0.05, 0) is 39.3 Å². The summed E-state index contributed by atoms with van der Waals surface area (Å²) in [6.45, 7) is 15.5. The Balaban J connectivity index is 4.75. The van der Waals surface area contributed by atoms with E-state index in [1.807, 2.05) is 0 Å². The Morgan fingerprint density at radius 3 is 1.89 bits per heavy atom. The maximum atomic E-state index is 6.08. The maximum Gasteiger partial charge on any atom is 0.0306 e. The first-order valence-corrected chi connectivity index (χ1v) is 7.31. The molecule has 0 aromatic rings. The molecule has 0 aromatic carbocycles. The van der Waals surface area contributed by atoms with E-state index in [4.69, 9.17) is 5.73 Å². The number of hydrogen-bond donors (Lipinski definition) is 1. The number of nitrogens with zero attached hydrogens (tertiary/aromatic N) is 2. The van der Waals surface area contributed by atoms with E-state index in [1.54, 1.807) is 0 Å². The second-order valence-corrected chi connectivity index (χ2v) is 6.94. The lowest BCUT2D eigenvalue weighted by Crippen LogP contribution is -2.55. The summed E-state index contributed by atoms with van der Waals surface area (Å²) in [5.41, 5.74) is 6.22. The molecule has 0 saturated carbocycles. The molecule has 18 heavy (non-hydrogen) atoms. The van der Waals surface area contributed by atoms with Crippen molar-refractivity contribution in [3.63, 3.8) is 0 Å². The Hall–Kier alpha value is -0.120. The van der Waals surface area contributed by atoms with Crippen LogP contribution >= 0.6 is 0 Å². The van der Waals surface area contributed by atoms with Crippen LogP contribution in [0.4, 0.5) is 0 Å². The van der Waals surface area contributed by atoms with Crippen molar-refractivity contribution in [2.45, 2.75) is 46.6 Å². The first kappa shape index (κ1) is 17.9. The van der Waals surface area contributed by atoms with Gasteiger partial charge in [0.05, 0.1) is 0 Å². The van der Waals surface area contributed by atoms with Gasteiger partial charge in [0.15, 0.2) is 0 Å². The van der Waals surface area contributed by atoms with Gasteiger partial charge in [-0.25, -0.2) is 0 Å². The molecule has 0 fully saturated rings. The summed E-state index contributed by atoms with van der Waals surface area (Å²) >= 11 is 0. The van der Waals surface area contributed by atoms with E-state index < -0.39 is 0 Å². The van der Waals surface area contributed by atoms with Crippen LogP contribution in [0, 0.1) is 11.8 Å². The highest BCUT2D eigenvalue weighted by molar-refractivity contribution is 4.89. The molecule has 0 amide bonds. The molecule has 0 saturated heterocycles. The van der Waals surface area contributed by atoms with Gasteiger partial charge >= 0.3 is 0 Å². The fourth-order valence-corrected chi connectivity index (χ4v) is 2.56. The largest absolute Gasteiger partial charge is 0.329 e. The van der Waals surface area contributed by atoms with Crippen LogP contribution in [-0.4, -0.2) is 55.6 Å². The maximum absolute atomic E-state index is 6.08. The fourth-order valence-electron chi connectivity index (χ4n) is 2.56. The van der Waals surface area contributed by atoms with Crippen LogP contribution in [0.5, 0.6) is 0 Å². The van der Waals surface area contributed by atoms with Crippen LogP contribution in [-0.2, 0) is 0 Å². The van der Waals surface area contributed by atoms with Crippen molar-refractivity contribution in [1.82, 2.24) is 9.80 Å². The van der Waals surface area contributed by atoms with Crippen LogP contribution in [0.15, 0.2) is 0 Å². The van der Waals surface area contributed by atoms with Crippen LogP contribution in [0.1, 0.15) is 41.0 Å². The first-order valence-electron chi connectivity index (χ1n) is 7.31. The molecule has 3 nitrogen and oxygen atoms in total. The molecule has 0 aromatic heterocycles. The molecule has 0 aliphatic carbocycles. The Bertz CT molecular complexity index is 214. The summed E-state index contributed by atoms with van der Waals surface area (Å²) in [5, 5.41) is 0. The predicted octanol–water partition coefficient (Wildman–Crippen LogP) is 2.27. The van der Waals surface area contributed by atoms with Crippen molar-refractivity contribution < 1.29 is 0 Å². The quantitative estimate of drug-likeness (QED) is 0.688. The van der Waals surface area contributed by atoms with Crippen LogP contribution in [0.25, 0.3) is 0 Å². The third kappa shape index (κ3) is 6.72. The molecular formula is C15H35N3. The molecule has 0 rings (SSSR count). The minimum Gasteiger partial charge on any atom is -0.329 e. The van der Waals surface area contributed by atoms with E-state index >= 15 is 0 Å². The van der Waals surface area contributed by atoms with Gasteiger partial charge in [0.2, 0.25) is 0 Å². The van der Waals surface area contributed by atoms with E-state index in [2.05, 4.69) is 58.5 Å². The van der Waals surface area contributed by atoms with Gasteiger partial charge in [-0.2, -0.15) is 0 Å². The zero-order valence-corrected chi connectivity index (χ0v) is 13.7. The highest BCUT2D eigenvalue weighted by Crippen LogP contribution is 2.24. The first-order chi connectivity index (χ1) is 8.21. The molecule has 0 radical (unpaired) electrons. The zero-order chi connectivity index (χ0) is 14.3. The van der Waals surface area contributed by atoms with E-state index in [0.29, 0.717) is 11.8 Å². The molecule has 0 heterocycles. The Labute approximate surface area is 115 Å². The van der Waals surface area contributed by atoms with Gasteiger partial charge in [0.1, 0.15) is 0 Å². The lowest BCUT2D eigenvalue weighted by Gasteiger charge is -2.43. The fraction of sp³-hybridized carbons (Fsp3) is 1.00. The molecule has 3 heteroatoms. The van der Waals surface area contributed by atoms with E-state index in [0.717, 1.165) is 26.2 Å². The van der Waals surface area contributed by atoms with Gasteiger partial charge in [0, 0.05) is 31.7 Å². The van der Waals surface area contributed by atoms with Gasteiger partial charge < -0.3 is 10.6 Å². The van der Waals surface area contributed by atoms with E-state index in [1.165, 1.54) is 6.42 Å². The second kappa shape index (κ2) is 8.13. The Kier molecular flexibility index (Phi) is 8.08. The van der Waals surface area contributed by atoms with Crippen molar-refractivity contribution in [3.05, 3.63) is 0 Å². The average Bonchev–Trinajstić information content (AvgIpc) is 2.22. The molecule has 2 N–H and O–H groups in total. The lowest BCUT2D eigenvalue weighted by molar-refractivity contribution is 0.0695. The lowest BCUT2D eigenvalue weighted by atomic mass is 9.88. The summed E-state index contributed by atoms with van der Waals surface area (Å²) in [7, 11) is 4.27. The number of nitrogens with two attached hydrogens (primary N) is 1. The van der Waals surface area contributed by atoms with Crippen molar-refractivity contribution >= 4 is 0 Å². The van der Waals surface area contributed by atoms with Crippen LogP contribution in [0.2, 0.25) is 0 Å². The molecule has 0 spiro atoms. The normalized spacial score (nSPS) is 16.0. The molecular weight excluding hydrogens is 222 g/mol. The summed E-state index contributed by atoms with van der Waals surface area (Å²) in [4.78, 5) is 4.84. The molecule has 0 aliphatic rings. The Morgan fingerprint density at radius 2 is 1.56 bits per heavy atom. The zero-order valence-electron chi connectivity index (χ0n) is 13.7. The summed E-state index contributed by atoms with van der Waals surface area (Å²) < 4.78 is 0. The van der Waals surface area contributed by atoms with Gasteiger partial charge in [-0.1, -0.05) is 27.7 Å². The van der Waals surface area contributed by atoms with Crippen LogP contribution < -0.4 is 5.73 Å². The minimum atomic E-state index is 0.133. The molecule has 110 valence electrons. The third-order valence-corrected chi connectivity index (χ3v) is 3.45. The summed E-state index contributed by atoms with van der Waals surface area (Å²) in [6.07, 6.45) is 1.17. The summed E-state index contributed by atoms with van der Waals surface area (Å²) in [6, 6.07) is 0. The Morgan fingerprint density at radius 1 is 1.00 bits per heavy atom. The highest BCUT2D eigenvalue weighted by Gasteiger charge is 2.31. The molecule has 0 aliphatic heterocycles. The molecule has 1 atom stereocenters. The van der Waals surface area contributed by atoms with Gasteiger partial charge in [-0.3, -0.25) is 4.90 Å². The average molecular weight is 257 g/mol. The molecule has 0 bridgehead atoms. The van der Waals surface area contributed by atoms with Crippen molar-refractivity contribution in [2.75, 3.05) is 40.3 Å². The number of hydrogen-bond acceptors (Lipinski definition) is 3. The van der Waals surface area contributed by atoms with Crippen LogP contribution in [0.3, 0.4) is 0 Å². The minimum absolute atomic E-state index is 0.133.